The van der Waals surface area contributed by atoms with Crippen LogP contribution in [0.25, 0.3) is 0 Å². The molecule has 0 bridgehead atoms. The van der Waals surface area contributed by atoms with Crippen LogP contribution in [-0.4, -0.2) is 41.3 Å². The highest BCUT2D eigenvalue weighted by molar-refractivity contribution is 5.95. The molecule has 1 aromatic heterocycles. The van der Waals surface area contributed by atoms with Crippen molar-refractivity contribution in [3.63, 3.8) is 0 Å². The van der Waals surface area contributed by atoms with Crippen LogP contribution in [0.3, 0.4) is 0 Å². The third kappa shape index (κ3) is 3.73. The van der Waals surface area contributed by atoms with Crippen molar-refractivity contribution in [1.29, 1.82) is 0 Å². The van der Waals surface area contributed by atoms with Crippen LogP contribution in [0.2, 0.25) is 0 Å². The smallest absolute Gasteiger partial charge is 0.272 e. The molecular weight excluding hydrogens is 232 g/mol. The van der Waals surface area contributed by atoms with Crippen molar-refractivity contribution in [2.45, 2.75) is 13.8 Å². The summed E-state index contributed by atoms with van der Waals surface area (Å²) in [6.45, 7) is 4.67. The minimum Gasteiger partial charge on any atom is -0.397 e. The Kier molecular flexibility index (Phi) is 5.10. The molecule has 6 heteroatoms. The third-order valence-corrected chi connectivity index (χ3v) is 2.38. The number of amides is 2. The van der Waals surface area contributed by atoms with Gasteiger partial charge in [-0.3, -0.25) is 9.59 Å². The lowest BCUT2D eigenvalue weighted by atomic mass is 10.3. The van der Waals surface area contributed by atoms with Gasteiger partial charge in [-0.2, -0.15) is 0 Å². The summed E-state index contributed by atoms with van der Waals surface area (Å²) in [4.78, 5) is 28.9. The molecule has 0 aliphatic rings. The molecule has 0 unspecified atom stereocenters. The van der Waals surface area contributed by atoms with Gasteiger partial charge in [0.05, 0.1) is 18.4 Å². The van der Waals surface area contributed by atoms with Gasteiger partial charge < -0.3 is 16.0 Å². The number of nitrogens with zero attached hydrogens (tertiary/aromatic N) is 2. The van der Waals surface area contributed by atoms with E-state index < -0.39 is 0 Å². The van der Waals surface area contributed by atoms with E-state index in [1.54, 1.807) is 12.1 Å². The molecule has 2 amide bonds. The Balaban J connectivity index is 2.73. The van der Waals surface area contributed by atoms with Gasteiger partial charge in [0.1, 0.15) is 5.69 Å². The van der Waals surface area contributed by atoms with E-state index in [2.05, 4.69) is 10.3 Å². The highest BCUT2D eigenvalue weighted by Gasteiger charge is 2.17. The highest BCUT2D eigenvalue weighted by Crippen LogP contribution is 2.05. The molecule has 1 heterocycles. The van der Waals surface area contributed by atoms with Crippen molar-refractivity contribution in [3.8, 4) is 0 Å². The average molecular weight is 250 g/mol. The van der Waals surface area contributed by atoms with Crippen molar-refractivity contribution in [1.82, 2.24) is 15.2 Å². The number of carbonyl (C=O) groups is 2. The molecule has 0 aliphatic heterocycles. The van der Waals surface area contributed by atoms with E-state index >= 15 is 0 Å². The fourth-order valence-electron chi connectivity index (χ4n) is 1.45. The van der Waals surface area contributed by atoms with Crippen molar-refractivity contribution in [2.24, 2.45) is 0 Å². The zero-order chi connectivity index (χ0) is 13.5. The molecule has 1 aromatic rings. The first-order chi connectivity index (χ1) is 8.58. The van der Waals surface area contributed by atoms with E-state index in [-0.39, 0.29) is 24.1 Å². The molecule has 0 atom stereocenters. The summed E-state index contributed by atoms with van der Waals surface area (Å²) in [5, 5.41) is 2.65. The van der Waals surface area contributed by atoms with Crippen LogP contribution in [0.1, 0.15) is 24.3 Å². The van der Waals surface area contributed by atoms with Crippen LogP contribution in [-0.2, 0) is 4.79 Å². The van der Waals surface area contributed by atoms with Gasteiger partial charge in [-0.1, -0.05) is 0 Å². The molecule has 0 saturated carbocycles. The first-order valence-electron chi connectivity index (χ1n) is 5.86. The number of rotatable bonds is 5. The van der Waals surface area contributed by atoms with Gasteiger partial charge in [0.2, 0.25) is 5.91 Å². The minimum absolute atomic E-state index is 0.0369. The molecule has 6 nitrogen and oxygen atoms in total. The van der Waals surface area contributed by atoms with Gasteiger partial charge >= 0.3 is 0 Å². The number of hydrogen-bond acceptors (Lipinski definition) is 4. The monoisotopic (exact) mass is 250 g/mol. The van der Waals surface area contributed by atoms with Crippen LogP contribution in [0.5, 0.6) is 0 Å². The highest BCUT2D eigenvalue weighted by atomic mass is 16.2. The Labute approximate surface area is 106 Å². The van der Waals surface area contributed by atoms with E-state index in [0.29, 0.717) is 18.8 Å². The molecule has 0 aromatic carbocycles. The number of aromatic nitrogens is 1. The van der Waals surface area contributed by atoms with Crippen molar-refractivity contribution in [3.05, 3.63) is 24.0 Å². The molecule has 0 spiro atoms. The normalized spacial score (nSPS) is 9.89. The molecular formula is C12H18N4O2. The topological polar surface area (TPSA) is 88.3 Å². The fraction of sp³-hybridized carbons (Fsp3) is 0.417. The number of nitrogen functional groups attached to an aromatic ring is 1. The van der Waals surface area contributed by atoms with Crippen LogP contribution < -0.4 is 11.1 Å². The van der Waals surface area contributed by atoms with E-state index in [1.807, 2.05) is 13.8 Å². The first-order valence-corrected chi connectivity index (χ1v) is 5.86. The lowest BCUT2D eigenvalue weighted by molar-refractivity contribution is -0.121. The molecule has 98 valence electrons. The third-order valence-electron chi connectivity index (χ3n) is 2.38. The quantitative estimate of drug-likeness (QED) is 0.784. The number of nitrogens with one attached hydrogen (secondary N) is 1. The summed E-state index contributed by atoms with van der Waals surface area (Å²) in [5.74, 6) is -0.452. The summed E-state index contributed by atoms with van der Waals surface area (Å²) in [7, 11) is 0. The Morgan fingerprint density at radius 2 is 2.11 bits per heavy atom. The molecule has 1 rings (SSSR count). The summed E-state index contributed by atoms with van der Waals surface area (Å²) in [6.07, 6.45) is 1.42. The van der Waals surface area contributed by atoms with Gasteiger partial charge in [0, 0.05) is 13.1 Å². The molecule has 0 aliphatic carbocycles. The van der Waals surface area contributed by atoms with Crippen LogP contribution in [0, 0.1) is 0 Å². The number of nitrogens with two attached hydrogens (primary N) is 1. The maximum absolute atomic E-state index is 12.1. The zero-order valence-electron chi connectivity index (χ0n) is 10.6. The predicted molar refractivity (Wildman–Crippen MR) is 68.9 cm³/mol. The van der Waals surface area contributed by atoms with Crippen LogP contribution in [0.15, 0.2) is 18.3 Å². The van der Waals surface area contributed by atoms with Crippen molar-refractivity contribution in [2.75, 3.05) is 25.4 Å². The summed E-state index contributed by atoms with van der Waals surface area (Å²) < 4.78 is 0. The van der Waals surface area contributed by atoms with Gasteiger partial charge in [-0.05, 0) is 26.0 Å². The number of carbonyl (C=O) groups excluding carboxylic acids is 2. The summed E-state index contributed by atoms with van der Waals surface area (Å²) >= 11 is 0. The molecule has 3 N–H and O–H groups in total. The zero-order valence-corrected chi connectivity index (χ0v) is 10.6. The molecule has 0 fully saturated rings. The van der Waals surface area contributed by atoms with Gasteiger partial charge in [0.15, 0.2) is 0 Å². The van der Waals surface area contributed by atoms with Crippen LogP contribution >= 0.6 is 0 Å². The lowest BCUT2D eigenvalue weighted by Crippen LogP contribution is -2.40. The second-order valence-electron chi connectivity index (χ2n) is 3.75. The largest absolute Gasteiger partial charge is 0.397 e. The summed E-state index contributed by atoms with van der Waals surface area (Å²) in [6, 6.07) is 3.16. The maximum atomic E-state index is 12.1. The number of hydrogen-bond donors (Lipinski definition) is 2. The average Bonchev–Trinajstić information content (AvgIpc) is 2.36. The standard InChI is InChI=1S/C12H18N4O2/c1-3-14-11(17)8-16(4-2)12(18)10-6-5-9(13)7-15-10/h5-7H,3-4,8,13H2,1-2H3,(H,14,17). The van der Waals surface area contributed by atoms with E-state index in [4.69, 9.17) is 5.73 Å². The second-order valence-corrected chi connectivity index (χ2v) is 3.75. The maximum Gasteiger partial charge on any atom is 0.272 e. The van der Waals surface area contributed by atoms with Crippen molar-refractivity contribution < 1.29 is 9.59 Å². The summed E-state index contributed by atoms with van der Waals surface area (Å²) in [5.41, 5.74) is 6.29. The Hall–Kier alpha value is -2.11. The van der Waals surface area contributed by atoms with Crippen LogP contribution in [0.4, 0.5) is 5.69 Å². The Morgan fingerprint density at radius 1 is 1.39 bits per heavy atom. The van der Waals surface area contributed by atoms with Gasteiger partial charge in [-0.25, -0.2) is 4.98 Å². The SMILES string of the molecule is CCNC(=O)CN(CC)C(=O)c1ccc(N)cn1. The number of anilines is 1. The second kappa shape index (κ2) is 6.58. The van der Waals surface area contributed by atoms with Gasteiger partial charge in [-0.15, -0.1) is 0 Å². The van der Waals surface area contributed by atoms with E-state index in [0.717, 1.165) is 0 Å². The number of pyridine rings is 1. The Morgan fingerprint density at radius 3 is 2.61 bits per heavy atom. The van der Waals surface area contributed by atoms with E-state index in [9.17, 15) is 9.59 Å². The predicted octanol–water partition coefficient (Wildman–Crippen LogP) is 0.262. The molecule has 0 radical (unpaired) electrons. The van der Waals surface area contributed by atoms with Gasteiger partial charge in [0.25, 0.3) is 5.91 Å². The minimum atomic E-state index is -0.274. The number of likely N-dealkylation sites (N-methyl/N-ethyl adjacent to an activating group) is 2. The molecule has 18 heavy (non-hydrogen) atoms. The fourth-order valence-corrected chi connectivity index (χ4v) is 1.45. The Bertz CT molecular complexity index is 417. The molecule has 0 saturated heterocycles. The van der Waals surface area contributed by atoms with Crippen molar-refractivity contribution >= 4 is 17.5 Å². The first kappa shape index (κ1) is 14.0. The lowest BCUT2D eigenvalue weighted by Gasteiger charge is -2.19. The van der Waals surface area contributed by atoms with E-state index in [1.165, 1.54) is 11.1 Å².